The van der Waals surface area contributed by atoms with Gasteiger partial charge in [0.25, 0.3) is 0 Å². The first-order valence-corrected chi connectivity index (χ1v) is 7.61. The fourth-order valence-corrected chi connectivity index (χ4v) is 2.58. The molecule has 1 aromatic heterocycles. The fraction of sp³-hybridized carbons (Fsp3) is 0.200. The van der Waals surface area contributed by atoms with Crippen molar-refractivity contribution < 1.29 is 4.79 Å². The van der Waals surface area contributed by atoms with Gasteiger partial charge >= 0.3 is 0 Å². The van der Waals surface area contributed by atoms with Gasteiger partial charge in [0.1, 0.15) is 5.82 Å². The van der Waals surface area contributed by atoms with Gasteiger partial charge in [-0.15, -0.1) is 11.8 Å². The number of nitrogens with zero attached hydrogens (tertiary/aromatic N) is 1. The SMILES string of the molecule is Cc1cccnc1NC(=O)CCSc1ccc(Cl)cc1. The minimum absolute atomic E-state index is 0.0201. The van der Waals surface area contributed by atoms with E-state index in [4.69, 9.17) is 11.6 Å². The number of halogens is 1. The number of anilines is 1. The van der Waals surface area contributed by atoms with E-state index in [9.17, 15) is 4.79 Å². The normalized spacial score (nSPS) is 10.3. The number of carbonyl (C=O) groups is 1. The van der Waals surface area contributed by atoms with E-state index in [1.165, 1.54) is 0 Å². The Bertz CT molecular complexity index is 587. The molecule has 0 aliphatic heterocycles. The number of aryl methyl sites for hydroxylation is 1. The number of benzene rings is 1. The van der Waals surface area contributed by atoms with Crippen LogP contribution >= 0.6 is 23.4 Å². The molecule has 1 aromatic carbocycles. The summed E-state index contributed by atoms with van der Waals surface area (Å²) in [6, 6.07) is 11.4. The smallest absolute Gasteiger partial charge is 0.226 e. The lowest BCUT2D eigenvalue weighted by atomic mass is 10.3. The van der Waals surface area contributed by atoms with Gasteiger partial charge in [-0.2, -0.15) is 0 Å². The molecule has 20 heavy (non-hydrogen) atoms. The number of hydrogen-bond donors (Lipinski definition) is 1. The highest BCUT2D eigenvalue weighted by atomic mass is 35.5. The number of aromatic nitrogens is 1. The summed E-state index contributed by atoms with van der Waals surface area (Å²) in [4.78, 5) is 17.1. The molecule has 0 saturated heterocycles. The van der Waals surface area contributed by atoms with Gasteiger partial charge in [0.05, 0.1) is 0 Å². The Labute approximate surface area is 127 Å². The van der Waals surface area contributed by atoms with E-state index < -0.39 is 0 Å². The van der Waals surface area contributed by atoms with Crippen molar-refractivity contribution in [3.8, 4) is 0 Å². The Morgan fingerprint density at radius 2 is 2.05 bits per heavy atom. The van der Waals surface area contributed by atoms with Crippen LogP contribution in [0.15, 0.2) is 47.5 Å². The maximum atomic E-state index is 11.8. The third kappa shape index (κ3) is 4.54. The van der Waals surface area contributed by atoms with Crippen molar-refractivity contribution in [2.75, 3.05) is 11.1 Å². The number of amides is 1. The molecule has 0 atom stereocenters. The molecule has 0 aliphatic carbocycles. The molecule has 0 spiro atoms. The topological polar surface area (TPSA) is 42.0 Å². The van der Waals surface area contributed by atoms with Crippen LogP contribution in [-0.4, -0.2) is 16.6 Å². The Morgan fingerprint density at radius 1 is 1.30 bits per heavy atom. The van der Waals surface area contributed by atoms with Crippen LogP contribution in [0.1, 0.15) is 12.0 Å². The van der Waals surface area contributed by atoms with Gasteiger partial charge in [0.2, 0.25) is 5.91 Å². The monoisotopic (exact) mass is 306 g/mol. The molecule has 0 bridgehead atoms. The van der Waals surface area contributed by atoms with E-state index in [-0.39, 0.29) is 5.91 Å². The third-order valence-electron chi connectivity index (χ3n) is 2.68. The third-order valence-corrected chi connectivity index (χ3v) is 3.94. The average molecular weight is 307 g/mol. The first-order valence-electron chi connectivity index (χ1n) is 6.25. The van der Waals surface area contributed by atoms with E-state index in [2.05, 4.69) is 10.3 Å². The molecule has 0 radical (unpaired) electrons. The minimum atomic E-state index is -0.0201. The Kier molecular flexibility index (Phi) is 5.44. The molecule has 1 heterocycles. The van der Waals surface area contributed by atoms with E-state index in [1.54, 1.807) is 18.0 Å². The molecule has 5 heteroatoms. The average Bonchev–Trinajstić information content (AvgIpc) is 2.44. The van der Waals surface area contributed by atoms with Crippen molar-refractivity contribution in [2.45, 2.75) is 18.2 Å². The van der Waals surface area contributed by atoms with Crippen LogP contribution in [0.2, 0.25) is 5.02 Å². The van der Waals surface area contributed by atoms with Gasteiger partial charge < -0.3 is 5.32 Å². The van der Waals surface area contributed by atoms with Crippen molar-refractivity contribution in [3.63, 3.8) is 0 Å². The first kappa shape index (κ1) is 14.9. The number of nitrogens with one attached hydrogen (secondary N) is 1. The van der Waals surface area contributed by atoms with Gasteiger partial charge in [-0.1, -0.05) is 17.7 Å². The van der Waals surface area contributed by atoms with Gasteiger partial charge in [-0.05, 0) is 42.8 Å². The molecular formula is C15H15ClN2OS. The Balaban J connectivity index is 1.78. The second-order valence-corrected chi connectivity index (χ2v) is 5.87. The van der Waals surface area contributed by atoms with Crippen LogP contribution in [0.5, 0.6) is 0 Å². The van der Waals surface area contributed by atoms with Crippen LogP contribution in [0.4, 0.5) is 5.82 Å². The fourth-order valence-electron chi connectivity index (χ4n) is 1.60. The van der Waals surface area contributed by atoms with Gasteiger partial charge in [0.15, 0.2) is 0 Å². The van der Waals surface area contributed by atoms with E-state index in [1.807, 2.05) is 43.3 Å². The lowest BCUT2D eigenvalue weighted by Crippen LogP contribution is -2.14. The quantitative estimate of drug-likeness (QED) is 0.843. The molecule has 104 valence electrons. The number of rotatable bonds is 5. The predicted molar refractivity (Wildman–Crippen MR) is 84.4 cm³/mol. The van der Waals surface area contributed by atoms with Gasteiger partial charge in [0, 0.05) is 28.3 Å². The van der Waals surface area contributed by atoms with Gasteiger partial charge in [-0.25, -0.2) is 4.98 Å². The molecular weight excluding hydrogens is 292 g/mol. The molecule has 2 rings (SSSR count). The molecule has 0 saturated carbocycles. The van der Waals surface area contributed by atoms with Crippen molar-refractivity contribution >= 4 is 35.1 Å². The van der Waals surface area contributed by atoms with Crippen molar-refractivity contribution in [1.82, 2.24) is 4.98 Å². The standard InChI is InChI=1S/C15H15ClN2OS/c1-11-3-2-9-17-15(11)18-14(19)8-10-20-13-6-4-12(16)5-7-13/h2-7,9H,8,10H2,1H3,(H,17,18,19). The highest BCUT2D eigenvalue weighted by molar-refractivity contribution is 7.99. The van der Waals surface area contributed by atoms with Crippen LogP contribution in [0.3, 0.4) is 0 Å². The maximum Gasteiger partial charge on any atom is 0.226 e. The van der Waals surface area contributed by atoms with E-state index >= 15 is 0 Å². The highest BCUT2D eigenvalue weighted by Crippen LogP contribution is 2.21. The number of carbonyl (C=O) groups excluding carboxylic acids is 1. The summed E-state index contributed by atoms with van der Waals surface area (Å²) >= 11 is 7.45. The summed E-state index contributed by atoms with van der Waals surface area (Å²) in [7, 11) is 0. The van der Waals surface area contributed by atoms with E-state index in [0.717, 1.165) is 21.2 Å². The van der Waals surface area contributed by atoms with Crippen molar-refractivity contribution in [1.29, 1.82) is 0 Å². The zero-order valence-electron chi connectivity index (χ0n) is 11.1. The summed E-state index contributed by atoms with van der Waals surface area (Å²) in [6.07, 6.45) is 2.12. The summed E-state index contributed by atoms with van der Waals surface area (Å²) in [5.74, 6) is 1.33. The maximum absolute atomic E-state index is 11.8. The molecule has 1 amide bonds. The molecule has 0 aliphatic rings. The molecule has 0 unspecified atom stereocenters. The number of hydrogen-bond acceptors (Lipinski definition) is 3. The second kappa shape index (κ2) is 7.31. The van der Waals surface area contributed by atoms with Crippen LogP contribution < -0.4 is 5.32 Å². The van der Waals surface area contributed by atoms with Crippen molar-refractivity contribution in [2.24, 2.45) is 0 Å². The summed E-state index contributed by atoms with van der Waals surface area (Å²) in [5, 5.41) is 3.54. The van der Waals surface area contributed by atoms with Crippen LogP contribution in [0.25, 0.3) is 0 Å². The summed E-state index contributed by atoms with van der Waals surface area (Å²) < 4.78 is 0. The van der Waals surface area contributed by atoms with Crippen molar-refractivity contribution in [3.05, 3.63) is 53.2 Å². The number of pyridine rings is 1. The summed E-state index contributed by atoms with van der Waals surface area (Å²) in [6.45, 7) is 1.92. The first-order chi connectivity index (χ1) is 9.65. The lowest BCUT2D eigenvalue weighted by molar-refractivity contribution is -0.115. The predicted octanol–water partition coefficient (Wildman–Crippen LogP) is 4.16. The zero-order chi connectivity index (χ0) is 14.4. The summed E-state index contributed by atoms with van der Waals surface area (Å²) in [5.41, 5.74) is 0.964. The molecule has 0 fully saturated rings. The van der Waals surface area contributed by atoms with Gasteiger partial charge in [-0.3, -0.25) is 4.79 Å². The molecule has 3 nitrogen and oxygen atoms in total. The second-order valence-electron chi connectivity index (χ2n) is 4.27. The minimum Gasteiger partial charge on any atom is -0.310 e. The number of thioether (sulfide) groups is 1. The Morgan fingerprint density at radius 3 is 2.75 bits per heavy atom. The highest BCUT2D eigenvalue weighted by Gasteiger charge is 2.05. The molecule has 1 N–H and O–H groups in total. The zero-order valence-corrected chi connectivity index (χ0v) is 12.7. The Hall–Kier alpha value is -1.52. The largest absolute Gasteiger partial charge is 0.310 e. The van der Waals surface area contributed by atoms with Crippen LogP contribution in [-0.2, 0) is 4.79 Å². The van der Waals surface area contributed by atoms with E-state index in [0.29, 0.717) is 12.2 Å². The molecule has 2 aromatic rings. The lowest BCUT2D eigenvalue weighted by Gasteiger charge is -2.06. The van der Waals surface area contributed by atoms with Crippen LogP contribution in [0, 0.1) is 6.92 Å².